The van der Waals surface area contributed by atoms with Crippen LogP contribution in [-0.4, -0.2) is 5.91 Å². The van der Waals surface area contributed by atoms with Gasteiger partial charge in [-0.15, -0.1) is 0 Å². The third-order valence-corrected chi connectivity index (χ3v) is 4.64. The van der Waals surface area contributed by atoms with Gasteiger partial charge in [0, 0.05) is 26.1 Å². The molecule has 3 rings (SSSR count). The highest BCUT2D eigenvalue weighted by Crippen LogP contribution is 2.28. The van der Waals surface area contributed by atoms with Crippen LogP contribution in [0.25, 0.3) is 10.8 Å². The molecule has 0 unspecified atom stereocenters. The molecule has 3 aromatic carbocycles. The molecule has 0 aliphatic rings. The summed E-state index contributed by atoms with van der Waals surface area (Å²) in [5.74, 6) is -0.133. The van der Waals surface area contributed by atoms with Gasteiger partial charge in [0.15, 0.2) is 0 Å². The van der Waals surface area contributed by atoms with Gasteiger partial charge in [0.05, 0.1) is 0 Å². The van der Waals surface area contributed by atoms with Crippen LogP contribution >= 0.6 is 27.5 Å². The van der Waals surface area contributed by atoms with Gasteiger partial charge < -0.3 is 5.32 Å². The number of benzene rings is 3. The molecule has 0 aliphatic carbocycles. The lowest BCUT2D eigenvalue weighted by Gasteiger charge is -2.13. The largest absolute Gasteiger partial charge is 0.321 e. The Morgan fingerprint density at radius 1 is 1.00 bits per heavy atom. The maximum absolute atomic E-state index is 12.8. The van der Waals surface area contributed by atoms with Gasteiger partial charge in [-0.05, 0) is 54.6 Å². The molecular weight excluding hydrogens is 374 g/mol. The minimum atomic E-state index is -0.133. The first-order valence-corrected chi connectivity index (χ1v) is 8.40. The molecule has 0 radical (unpaired) electrons. The SMILES string of the molecule is Cc1cc(Br)cc(C)c1NC(=O)c1cccc2c(Cl)cccc12. The van der Waals surface area contributed by atoms with Gasteiger partial charge in [0.25, 0.3) is 5.91 Å². The summed E-state index contributed by atoms with van der Waals surface area (Å²) in [6.07, 6.45) is 0. The summed E-state index contributed by atoms with van der Waals surface area (Å²) >= 11 is 9.70. The van der Waals surface area contributed by atoms with E-state index >= 15 is 0 Å². The lowest BCUT2D eigenvalue weighted by molar-refractivity contribution is 0.102. The molecular formula is C19H15BrClNO. The second-order valence-electron chi connectivity index (χ2n) is 5.51. The normalized spacial score (nSPS) is 10.8. The summed E-state index contributed by atoms with van der Waals surface area (Å²) in [5, 5.41) is 5.41. The Balaban J connectivity index is 2.04. The summed E-state index contributed by atoms with van der Waals surface area (Å²) < 4.78 is 1.00. The Hall–Kier alpha value is -1.84. The first kappa shape index (κ1) is 16.0. The highest BCUT2D eigenvalue weighted by molar-refractivity contribution is 9.10. The smallest absolute Gasteiger partial charge is 0.256 e. The van der Waals surface area contributed by atoms with E-state index in [1.165, 1.54) is 0 Å². The van der Waals surface area contributed by atoms with Gasteiger partial charge in [0.2, 0.25) is 0 Å². The molecule has 1 N–H and O–H groups in total. The summed E-state index contributed by atoms with van der Waals surface area (Å²) in [4.78, 5) is 12.8. The van der Waals surface area contributed by atoms with Gasteiger partial charge in [-0.3, -0.25) is 4.79 Å². The zero-order chi connectivity index (χ0) is 16.6. The Morgan fingerprint density at radius 3 is 2.30 bits per heavy atom. The zero-order valence-corrected chi connectivity index (χ0v) is 15.1. The molecule has 0 heterocycles. The van der Waals surface area contributed by atoms with Gasteiger partial charge >= 0.3 is 0 Å². The topological polar surface area (TPSA) is 29.1 Å². The molecule has 0 aliphatic heterocycles. The molecule has 0 aromatic heterocycles. The number of hydrogen-bond acceptors (Lipinski definition) is 1. The van der Waals surface area contributed by atoms with E-state index in [9.17, 15) is 4.79 Å². The molecule has 0 saturated carbocycles. The van der Waals surface area contributed by atoms with Crippen LogP contribution in [0.15, 0.2) is 53.0 Å². The molecule has 0 bridgehead atoms. The predicted molar refractivity (Wildman–Crippen MR) is 101 cm³/mol. The van der Waals surface area contributed by atoms with Crippen molar-refractivity contribution >= 4 is 49.9 Å². The number of aryl methyl sites for hydroxylation is 2. The fraction of sp³-hybridized carbons (Fsp3) is 0.105. The number of halogens is 2. The van der Waals surface area contributed by atoms with Gasteiger partial charge in [-0.1, -0.05) is 51.8 Å². The number of hydrogen-bond donors (Lipinski definition) is 1. The van der Waals surface area contributed by atoms with Crippen LogP contribution in [0.3, 0.4) is 0 Å². The molecule has 3 aromatic rings. The summed E-state index contributed by atoms with van der Waals surface area (Å²) in [6, 6.07) is 15.2. The Labute approximate surface area is 148 Å². The monoisotopic (exact) mass is 387 g/mol. The van der Waals surface area contributed by atoms with Crippen molar-refractivity contribution in [1.82, 2.24) is 0 Å². The van der Waals surface area contributed by atoms with E-state index in [0.29, 0.717) is 10.6 Å². The highest BCUT2D eigenvalue weighted by Gasteiger charge is 2.14. The first-order valence-electron chi connectivity index (χ1n) is 7.22. The summed E-state index contributed by atoms with van der Waals surface area (Å²) in [7, 11) is 0. The number of anilines is 1. The highest BCUT2D eigenvalue weighted by atomic mass is 79.9. The van der Waals surface area contributed by atoms with E-state index in [1.54, 1.807) is 0 Å². The number of carbonyl (C=O) groups is 1. The molecule has 0 spiro atoms. The van der Waals surface area contributed by atoms with Crippen molar-refractivity contribution in [3.63, 3.8) is 0 Å². The zero-order valence-electron chi connectivity index (χ0n) is 12.8. The van der Waals surface area contributed by atoms with Gasteiger partial charge in [-0.25, -0.2) is 0 Å². The third-order valence-electron chi connectivity index (χ3n) is 3.85. The molecule has 23 heavy (non-hydrogen) atoms. The minimum Gasteiger partial charge on any atom is -0.321 e. The molecule has 0 saturated heterocycles. The van der Waals surface area contributed by atoms with Crippen LogP contribution in [0.5, 0.6) is 0 Å². The number of fused-ring (bicyclic) bond motifs is 1. The quantitative estimate of drug-likeness (QED) is 0.562. The number of nitrogens with one attached hydrogen (secondary N) is 1. The summed E-state index contributed by atoms with van der Waals surface area (Å²) in [5.41, 5.74) is 3.50. The van der Waals surface area contributed by atoms with Crippen molar-refractivity contribution < 1.29 is 4.79 Å². The van der Waals surface area contributed by atoms with Crippen LogP contribution in [0, 0.1) is 13.8 Å². The Kier molecular flexibility index (Phi) is 4.42. The predicted octanol–water partition coefficient (Wildman–Crippen LogP) is 6.12. The van der Waals surface area contributed by atoms with Crippen LogP contribution in [0.1, 0.15) is 21.5 Å². The lowest BCUT2D eigenvalue weighted by atomic mass is 10.0. The van der Waals surface area contributed by atoms with E-state index in [0.717, 1.165) is 32.1 Å². The number of rotatable bonds is 2. The second kappa shape index (κ2) is 6.34. The maximum Gasteiger partial charge on any atom is 0.256 e. The molecule has 0 atom stereocenters. The second-order valence-corrected chi connectivity index (χ2v) is 6.83. The molecule has 116 valence electrons. The maximum atomic E-state index is 12.8. The molecule has 4 heteroatoms. The minimum absolute atomic E-state index is 0.133. The van der Waals surface area contributed by atoms with Crippen molar-refractivity contribution in [3.05, 3.63) is 74.7 Å². The number of amides is 1. The van der Waals surface area contributed by atoms with Crippen molar-refractivity contribution in [2.75, 3.05) is 5.32 Å². The Bertz CT molecular complexity index is 897. The van der Waals surface area contributed by atoms with E-state index < -0.39 is 0 Å². The van der Waals surface area contributed by atoms with Crippen LogP contribution in [-0.2, 0) is 0 Å². The molecule has 1 amide bonds. The van der Waals surface area contributed by atoms with Crippen LogP contribution in [0.2, 0.25) is 5.02 Å². The van der Waals surface area contributed by atoms with Gasteiger partial charge in [0.1, 0.15) is 0 Å². The molecule has 0 fully saturated rings. The summed E-state index contributed by atoms with van der Waals surface area (Å²) in [6.45, 7) is 3.96. The fourth-order valence-corrected chi connectivity index (χ4v) is 3.68. The van der Waals surface area contributed by atoms with Crippen LogP contribution < -0.4 is 5.32 Å². The van der Waals surface area contributed by atoms with E-state index in [1.807, 2.05) is 62.4 Å². The fourth-order valence-electron chi connectivity index (χ4n) is 2.76. The standard InChI is InChI=1S/C19H15BrClNO/c1-11-9-13(20)10-12(2)18(11)22-19(23)16-7-3-6-15-14(16)5-4-8-17(15)21/h3-10H,1-2H3,(H,22,23). The van der Waals surface area contributed by atoms with Crippen molar-refractivity contribution in [2.24, 2.45) is 0 Å². The number of carbonyl (C=O) groups excluding carboxylic acids is 1. The van der Waals surface area contributed by atoms with E-state index in [2.05, 4.69) is 21.2 Å². The third kappa shape index (κ3) is 3.12. The molecule has 2 nitrogen and oxygen atoms in total. The van der Waals surface area contributed by atoms with Crippen molar-refractivity contribution in [1.29, 1.82) is 0 Å². The lowest BCUT2D eigenvalue weighted by Crippen LogP contribution is -2.14. The first-order chi connectivity index (χ1) is 11.0. The van der Waals surface area contributed by atoms with E-state index in [-0.39, 0.29) is 5.91 Å². The average Bonchev–Trinajstić information content (AvgIpc) is 2.50. The van der Waals surface area contributed by atoms with E-state index in [4.69, 9.17) is 11.6 Å². The Morgan fingerprint density at radius 2 is 1.61 bits per heavy atom. The van der Waals surface area contributed by atoms with Crippen molar-refractivity contribution in [3.8, 4) is 0 Å². The van der Waals surface area contributed by atoms with Crippen LogP contribution in [0.4, 0.5) is 5.69 Å². The van der Waals surface area contributed by atoms with Crippen molar-refractivity contribution in [2.45, 2.75) is 13.8 Å². The average molecular weight is 389 g/mol. The van der Waals surface area contributed by atoms with Gasteiger partial charge in [-0.2, -0.15) is 0 Å².